The monoisotopic (exact) mass is 556 g/mol. The van der Waals surface area contributed by atoms with Crippen LogP contribution in [-0.4, -0.2) is 44.1 Å². The molecular formula is C16H18Br2N2O6S2. The Morgan fingerprint density at radius 3 is 1.43 bits per heavy atom. The number of ether oxygens (including phenoxy) is 2. The second-order valence-corrected chi connectivity index (χ2v) is 10.7. The molecule has 2 aromatic rings. The van der Waals surface area contributed by atoms with E-state index in [4.69, 9.17) is 9.47 Å². The van der Waals surface area contributed by atoms with E-state index in [1.54, 1.807) is 12.1 Å². The molecule has 0 amide bonds. The van der Waals surface area contributed by atoms with Crippen LogP contribution >= 0.6 is 31.9 Å². The van der Waals surface area contributed by atoms with Gasteiger partial charge in [0.1, 0.15) is 21.3 Å². The van der Waals surface area contributed by atoms with E-state index < -0.39 is 20.0 Å². The zero-order valence-corrected chi connectivity index (χ0v) is 19.7. The highest BCUT2D eigenvalue weighted by Crippen LogP contribution is 2.28. The number of nitrogens with one attached hydrogen (secondary N) is 2. The van der Waals surface area contributed by atoms with Gasteiger partial charge < -0.3 is 9.47 Å². The van der Waals surface area contributed by atoms with Crippen LogP contribution < -0.4 is 18.9 Å². The van der Waals surface area contributed by atoms with E-state index >= 15 is 0 Å². The summed E-state index contributed by atoms with van der Waals surface area (Å²) in [6.45, 7) is -0.318. The van der Waals surface area contributed by atoms with Crippen LogP contribution in [0.4, 0.5) is 0 Å². The molecule has 0 bridgehead atoms. The third kappa shape index (κ3) is 5.67. The maximum absolute atomic E-state index is 12.5. The van der Waals surface area contributed by atoms with Gasteiger partial charge in [0, 0.05) is 22.0 Å². The van der Waals surface area contributed by atoms with E-state index in [0.717, 1.165) is 0 Å². The molecule has 0 aliphatic carbocycles. The van der Waals surface area contributed by atoms with Crippen molar-refractivity contribution in [3.8, 4) is 11.5 Å². The van der Waals surface area contributed by atoms with Crippen LogP contribution in [0.15, 0.2) is 55.1 Å². The van der Waals surface area contributed by atoms with Crippen molar-refractivity contribution >= 4 is 51.9 Å². The van der Waals surface area contributed by atoms with Crippen molar-refractivity contribution in [2.75, 3.05) is 27.3 Å². The Morgan fingerprint density at radius 2 is 1.11 bits per heavy atom. The Morgan fingerprint density at radius 1 is 0.750 bits per heavy atom. The van der Waals surface area contributed by atoms with E-state index in [0.29, 0.717) is 8.95 Å². The average Bonchev–Trinajstić information content (AvgIpc) is 2.65. The predicted octanol–water partition coefficient (Wildman–Crippen LogP) is 2.49. The molecule has 0 saturated heterocycles. The Balaban J connectivity index is 2.08. The summed E-state index contributed by atoms with van der Waals surface area (Å²) in [6, 6.07) is 9.13. The minimum atomic E-state index is -3.90. The van der Waals surface area contributed by atoms with Gasteiger partial charge in [-0.25, -0.2) is 26.3 Å². The first-order chi connectivity index (χ1) is 13.1. The lowest BCUT2D eigenvalue weighted by atomic mass is 10.3. The predicted molar refractivity (Wildman–Crippen MR) is 112 cm³/mol. The Bertz CT molecular complexity index is 973. The van der Waals surface area contributed by atoms with Crippen molar-refractivity contribution in [2.24, 2.45) is 0 Å². The van der Waals surface area contributed by atoms with Crippen LogP contribution in [0, 0.1) is 0 Å². The third-order valence-corrected chi connectivity index (χ3v) is 7.49. The van der Waals surface area contributed by atoms with Crippen LogP contribution in [0.5, 0.6) is 11.5 Å². The summed E-state index contributed by atoms with van der Waals surface area (Å²) in [4.78, 5) is -0.109. The number of methoxy groups -OCH3 is 2. The number of hydrogen-bond acceptors (Lipinski definition) is 6. The first kappa shape index (κ1) is 23.1. The zero-order chi connectivity index (χ0) is 20.9. The lowest BCUT2D eigenvalue weighted by Gasteiger charge is -2.13. The van der Waals surface area contributed by atoms with E-state index in [-0.39, 0.29) is 34.4 Å². The van der Waals surface area contributed by atoms with Gasteiger partial charge in [-0.1, -0.05) is 31.9 Å². The van der Waals surface area contributed by atoms with Crippen LogP contribution in [0.2, 0.25) is 0 Å². The Hall–Kier alpha value is -1.18. The van der Waals surface area contributed by atoms with Gasteiger partial charge in [-0.05, 0) is 36.4 Å². The molecule has 2 rings (SSSR count). The molecular weight excluding hydrogens is 540 g/mol. The summed E-state index contributed by atoms with van der Waals surface area (Å²) >= 11 is 6.43. The maximum atomic E-state index is 12.5. The number of sulfonamides is 2. The molecule has 0 unspecified atom stereocenters. The van der Waals surface area contributed by atoms with E-state index in [1.807, 2.05) is 0 Å². The number of benzene rings is 2. The Labute approximate surface area is 181 Å². The number of hydrogen-bond donors (Lipinski definition) is 2. The molecule has 2 N–H and O–H groups in total. The molecule has 2 aromatic carbocycles. The summed E-state index contributed by atoms with van der Waals surface area (Å²) in [5.41, 5.74) is 0. The fourth-order valence-electron chi connectivity index (χ4n) is 2.25. The van der Waals surface area contributed by atoms with E-state index in [1.165, 1.54) is 38.5 Å². The van der Waals surface area contributed by atoms with Crippen LogP contribution in [0.25, 0.3) is 0 Å². The van der Waals surface area contributed by atoms with Crippen molar-refractivity contribution < 1.29 is 26.3 Å². The summed E-state index contributed by atoms with van der Waals surface area (Å²) in [5.74, 6) is 0.352. The van der Waals surface area contributed by atoms with Crippen molar-refractivity contribution in [1.82, 2.24) is 9.44 Å². The molecule has 12 heteroatoms. The second-order valence-electron chi connectivity index (χ2n) is 5.39. The lowest BCUT2D eigenvalue weighted by Crippen LogP contribution is -2.35. The molecule has 0 saturated carbocycles. The van der Waals surface area contributed by atoms with Gasteiger partial charge in [0.2, 0.25) is 20.0 Å². The highest BCUT2D eigenvalue weighted by atomic mass is 79.9. The quantitative estimate of drug-likeness (QED) is 0.458. The molecule has 0 aromatic heterocycles. The summed E-state index contributed by atoms with van der Waals surface area (Å²) in [5, 5.41) is 0. The van der Waals surface area contributed by atoms with Gasteiger partial charge >= 0.3 is 0 Å². The molecule has 0 spiro atoms. The highest BCUT2D eigenvalue weighted by molar-refractivity contribution is 9.10. The van der Waals surface area contributed by atoms with Gasteiger partial charge in [0.25, 0.3) is 0 Å². The summed E-state index contributed by atoms with van der Waals surface area (Å²) in [6.07, 6.45) is 0. The maximum Gasteiger partial charge on any atom is 0.244 e. The smallest absolute Gasteiger partial charge is 0.244 e. The van der Waals surface area contributed by atoms with Crippen LogP contribution in [0.1, 0.15) is 0 Å². The highest BCUT2D eigenvalue weighted by Gasteiger charge is 2.22. The molecule has 0 atom stereocenters. The largest absolute Gasteiger partial charge is 0.495 e. The molecule has 0 heterocycles. The third-order valence-electron chi connectivity index (χ3n) is 3.54. The van der Waals surface area contributed by atoms with Crippen LogP contribution in [0.3, 0.4) is 0 Å². The number of rotatable bonds is 9. The van der Waals surface area contributed by atoms with Crippen molar-refractivity contribution in [1.29, 1.82) is 0 Å². The Kier molecular flexibility index (Phi) is 7.88. The molecule has 0 aliphatic rings. The minimum Gasteiger partial charge on any atom is -0.495 e. The molecule has 0 radical (unpaired) electrons. The fourth-order valence-corrected chi connectivity index (χ4v) is 5.72. The first-order valence-electron chi connectivity index (χ1n) is 7.77. The summed E-state index contributed by atoms with van der Waals surface area (Å²) < 4.78 is 65.9. The average molecular weight is 558 g/mol. The molecule has 8 nitrogen and oxygen atoms in total. The first-order valence-corrected chi connectivity index (χ1v) is 12.3. The van der Waals surface area contributed by atoms with Gasteiger partial charge in [-0.15, -0.1) is 0 Å². The van der Waals surface area contributed by atoms with Gasteiger partial charge in [0.05, 0.1) is 14.2 Å². The standard InChI is InChI=1S/C16H18Br2N2O6S2/c1-25-13-5-3-11(17)9-15(13)27(21,22)19-7-8-20-28(23,24)16-10-12(18)4-6-14(16)26-2/h3-6,9-10,19-20H,7-8H2,1-2H3. The molecule has 0 aliphatic heterocycles. The zero-order valence-electron chi connectivity index (χ0n) is 14.9. The van der Waals surface area contributed by atoms with Gasteiger partial charge in [-0.2, -0.15) is 0 Å². The fraction of sp³-hybridized carbons (Fsp3) is 0.250. The number of halogens is 2. The minimum absolute atomic E-state index is 0.0547. The van der Waals surface area contributed by atoms with Crippen molar-refractivity contribution in [3.05, 3.63) is 45.3 Å². The van der Waals surface area contributed by atoms with Gasteiger partial charge in [-0.3, -0.25) is 0 Å². The van der Waals surface area contributed by atoms with E-state index in [9.17, 15) is 16.8 Å². The van der Waals surface area contributed by atoms with Crippen LogP contribution in [-0.2, 0) is 20.0 Å². The molecule has 28 heavy (non-hydrogen) atoms. The van der Waals surface area contributed by atoms with Crippen molar-refractivity contribution in [2.45, 2.75) is 9.79 Å². The molecule has 0 fully saturated rings. The van der Waals surface area contributed by atoms with Gasteiger partial charge in [0.15, 0.2) is 0 Å². The van der Waals surface area contributed by atoms with E-state index in [2.05, 4.69) is 41.3 Å². The summed E-state index contributed by atoms with van der Waals surface area (Å²) in [7, 11) is -5.07. The topological polar surface area (TPSA) is 111 Å². The normalized spacial score (nSPS) is 12.0. The second kappa shape index (κ2) is 9.55. The van der Waals surface area contributed by atoms with Crippen molar-refractivity contribution in [3.63, 3.8) is 0 Å². The SMILES string of the molecule is COc1ccc(Br)cc1S(=O)(=O)NCCNS(=O)(=O)c1cc(Br)ccc1OC. The lowest BCUT2D eigenvalue weighted by molar-refractivity contribution is 0.401. The molecule has 154 valence electrons.